The van der Waals surface area contributed by atoms with Crippen molar-refractivity contribution < 1.29 is 30.0 Å². The van der Waals surface area contributed by atoms with Gasteiger partial charge < -0.3 is 25.2 Å². The number of carboxylic acid groups (broad SMARTS) is 1. The number of fused-ring (bicyclic) bond motifs is 1. The summed E-state index contributed by atoms with van der Waals surface area (Å²) in [5.74, 6) is -1.60. The summed E-state index contributed by atoms with van der Waals surface area (Å²) >= 11 is 0. The number of imidazole rings is 1. The van der Waals surface area contributed by atoms with Gasteiger partial charge in [-0.15, -0.1) is 0 Å². The number of hydrogen-bond donors (Lipinski definition) is 5. The van der Waals surface area contributed by atoms with E-state index in [1.807, 2.05) is 0 Å². The van der Waals surface area contributed by atoms with E-state index in [4.69, 9.17) is 9.84 Å². The molecule has 1 aliphatic heterocycles. The second-order valence-electron chi connectivity index (χ2n) is 6.03. The van der Waals surface area contributed by atoms with Crippen molar-refractivity contribution in [3.05, 3.63) is 16.7 Å². The zero-order valence-electron chi connectivity index (χ0n) is 13.8. The molecule has 0 bridgehead atoms. The van der Waals surface area contributed by atoms with Crippen LogP contribution in [-0.4, -0.2) is 76.0 Å². The molecule has 0 aromatic carbocycles. The Bertz CT molecular complexity index is 931. The number of aromatic nitrogens is 4. The highest BCUT2D eigenvalue weighted by Gasteiger charge is 2.49. The third-order valence-corrected chi connectivity index (χ3v) is 3.86. The Morgan fingerprint density at radius 2 is 2.08 bits per heavy atom. The second kappa shape index (κ2) is 6.57. The molecule has 0 saturated carbocycles. The molecule has 0 amide bonds. The fourth-order valence-corrected chi connectivity index (χ4v) is 2.68. The molecule has 26 heavy (non-hydrogen) atoms. The summed E-state index contributed by atoms with van der Waals surface area (Å²) < 4.78 is 6.50. The molecule has 2 aromatic rings. The van der Waals surface area contributed by atoms with E-state index in [9.17, 15) is 24.9 Å². The van der Waals surface area contributed by atoms with Crippen molar-refractivity contribution in [1.29, 1.82) is 0 Å². The lowest BCUT2D eigenvalue weighted by atomic mass is 10.1. The van der Waals surface area contributed by atoms with Crippen LogP contribution in [0.15, 0.2) is 16.1 Å². The van der Waals surface area contributed by atoms with E-state index in [0.29, 0.717) is 5.71 Å². The molecule has 1 fully saturated rings. The average Bonchev–Trinajstić information content (AvgIpc) is 3.09. The molecular weight excluding hydrogens is 350 g/mol. The predicted molar refractivity (Wildman–Crippen MR) is 86.2 cm³/mol. The molecule has 12 nitrogen and oxygen atoms in total. The number of carboxylic acids is 1. The van der Waals surface area contributed by atoms with Crippen molar-refractivity contribution in [2.75, 3.05) is 0 Å². The molecule has 5 N–H and O–H groups in total. The highest BCUT2D eigenvalue weighted by atomic mass is 16.6. The van der Waals surface area contributed by atoms with Gasteiger partial charge in [-0.25, -0.2) is 14.8 Å². The van der Waals surface area contributed by atoms with Gasteiger partial charge in [-0.3, -0.25) is 14.3 Å². The maximum atomic E-state index is 12.1. The van der Waals surface area contributed by atoms with Crippen LogP contribution in [0.5, 0.6) is 0 Å². The molecule has 0 radical (unpaired) electrons. The SMILES string of the molecule is CC(C)=Nc1nc2c(ncn2[C@@H]2O[C@H](C(O)C(=O)O)[C@@H](O)[C@H]2O)c(=O)[nH]1. The van der Waals surface area contributed by atoms with Gasteiger partial charge in [-0.1, -0.05) is 0 Å². The lowest BCUT2D eigenvalue weighted by Crippen LogP contribution is -2.42. The molecule has 1 aliphatic rings. The molecule has 0 spiro atoms. The van der Waals surface area contributed by atoms with Gasteiger partial charge >= 0.3 is 5.97 Å². The van der Waals surface area contributed by atoms with Gasteiger partial charge in [0.2, 0.25) is 5.95 Å². The first-order chi connectivity index (χ1) is 12.2. The van der Waals surface area contributed by atoms with E-state index in [2.05, 4.69) is 19.9 Å². The van der Waals surface area contributed by atoms with E-state index in [0.717, 1.165) is 6.33 Å². The first-order valence-corrected chi connectivity index (χ1v) is 7.62. The Balaban J connectivity index is 2.05. The van der Waals surface area contributed by atoms with E-state index in [1.165, 1.54) is 4.57 Å². The maximum absolute atomic E-state index is 12.1. The Hall–Kier alpha value is -2.67. The topological polar surface area (TPSA) is 183 Å². The molecule has 0 aliphatic carbocycles. The largest absolute Gasteiger partial charge is 0.479 e. The number of aromatic amines is 1. The fourth-order valence-electron chi connectivity index (χ4n) is 2.68. The molecule has 140 valence electrons. The van der Waals surface area contributed by atoms with Crippen LogP contribution < -0.4 is 5.56 Å². The molecule has 1 unspecified atom stereocenters. The first kappa shape index (κ1) is 18.1. The van der Waals surface area contributed by atoms with Crippen LogP contribution in [0, 0.1) is 0 Å². The van der Waals surface area contributed by atoms with Crippen molar-refractivity contribution in [2.45, 2.75) is 44.5 Å². The molecule has 3 rings (SSSR count). The fraction of sp³-hybridized carbons (Fsp3) is 0.500. The van der Waals surface area contributed by atoms with Crippen LogP contribution in [0.1, 0.15) is 20.1 Å². The Labute approximate surface area is 145 Å². The average molecular weight is 367 g/mol. The summed E-state index contributed by atoms with van der Waals surface area (Å²) in [6, 6.07) is 0. The smallest absolute Gasteiger partial charge is 0.335 e. The van der Waals surface area contributed by atoms with Gasteiger partial charge in [0.25, 0.3) is 5.56 Å². The molecular formula is C14H17N5O7. The molecule has 3 heterocycles. The third-order valence-electron chi connectivity index (χ3n) is 3.86. The van der Waals surface area contributed by atoms with Gasteiger partial charge in [0.1, 0.15) is 18.3 Å². The highest BCUT2D eigenvalue weighted by Crippen LogP contribution is 2.32. The molecule has 1 saturated heterocycles. The van der Waals surface area contributed by atoms with E-state index < -0.39 is 42.2 Å². The molecule has 2 aromatic heterocycles. The first-order valence-electron chi connectivity index (χ1n) is 7.62. The van der Waals surface area contributed by atoms with Gasteiger partial charge in [0.05, 0.1) is 6.33 Å². The molecule has 5 atom stereocenters. The summed E-state index contributed by atoms with van der Waals surface area (Å²) in [5, 5.41) is 38.7. The number of hydrogen-bond acceptors (Lipinski definition) is 9. The monoisotopic (exact) mass is 367 g/mol. The third kappa shape index (κ3) is 2.99. The standard InChI is InChI=1S/C14H17N5O7/c1-4(2)16-14-17-10-5(11(23)18-14)15-3-19(10)12-7(21)6(20)9(26-12)8(22)13(24)25/h3,6-9,12,20-22H,1-2H3,(H,24,25)(H,17,18,23)/t6-,7+,8?,9-,12+/m0/s1. The zero-order chi connectivity index (χ0) is 19.2. The summed E-state index contributed by atoms with van der Waals surface area (Å²) in [6.45, 7) is 3.42. The predicted octanol–water partition coefficient (Wildman–Crippen LogP) is -1.70. The number of aliphatic imine (C=N–C) groups is 1. The van der Waals surface area contributed by atoms with E-state index in [1.54, 1.807) is 13.8 Å². The van der Waals surface area contributed by atoms with Crippen LogP contribution >= 0.6 is 0 Å². The van der Waals surface area contributed by atoms with Crippen LogP contribution in [0.4, 0.5) is 5.95 Å². The second-order valence-corrected chi connectivity index (χ2v) is 6.03. The number of ether oxygens (including phenoxy) is 1. The lowest BCUT2D eigenvalue weighted by Gasteiger charge is -2.17. The maximum Gasteiger partial charge on any atom is 0.335 e. The minimum absolute atomic E-state index is 0.0133. The summed E-state index contributed by atoms with van der Waals surface area (Å²) in [6.07, 6.45) is -6.99. The number of rotatable bonds is 4. The Morgan fingerprint density at radius 1 is 1.38 bits per heavy atom. The van der Waals surface area contributed by atoms with Crippen LogP contribution in [-0.2, 0) is 9.53 Å². The Morgan fingerprint density at radius 3 is 2.69 bits per heavy atom. The number of carbonyl (C=O) groups is 1. The van der Waals surface area contributed by atoms with Gasteiger partial charge in [-0.05, 0) is 13.8 Å². The van der Waals surface area contributed by atoms with Crippen molar-refractivity contribution in [1.82, 2.24) is 19.5 Å². The van der Waals surface area contributed by atoms with Crippen molar-refractivity contribution in [3.8, 4) is 0 Å². The van der Waals surface area contributed by atoms with Gasteiger partial charge in [-0.2, -0.15) is 4.98 Å². The summed E-state index contributed by atoms with van der Waals surface area (Å²) in [4.78, 5) is 37.6. The van der Waals surface area contributed by atoms with Gasteiger partial charge in [0.15, 0.2) is 23.5 Å². The quantitative estimate of drug-likeness (QED) is 0.393. The normalized spacial score (nSPS) is 26.8. The Kier molecular flexibility index (Phi) is 4.58. The van der Waals surface area contributed by atoms with Crippen LogP contribution in [0.3, 0.4) is 0 Å². The number of H-pyrrole nitrogens is 1. The minimum Gasteiger partial charge on any atom is -0.479 e. The number of nitrogens with one attached hydrogen (secondary N) is 1. The summed E-state index contributed by atoms with van der Waals surface area (Å²) in [5.41, 5.74) is 0.0420. The number of nitrogens with zero attached hydrogens (tertiary/aromatic N) is 4. The number of aliphatic carboxylic acids is 1. The van der Waals surface area contributed by atoms with Crippen molar-refractivity contribution >= 4 is 28.8 Å². The number of aliphatic hydroxyl groups is 3. The van der Waals surface area contributed by atoms with E-state index in [-0.39, 0.29) is 17.1 Å². The lowest BCUT2D eigenvalue weighted by molar-refractivity contribution is -0.160. The van der Waals surface area contributed by atoms with Crippen molar-refractivity contribution in [3.63, 3.8) is 0 Å². The van der Waals surface area contributed by atoms with Crippen LogP contribution in [0.2, 0.25) is 0 Å². The highest BCUT2D eigenvalue weighted by molar-refractivity contribution is 5.81. The van der Waals surface area contributed by atoms with Gasteiger partial charge in [0, 0.05) is 5.71 Å². The summed E-state index contributed by atoms with van der Waals surface area (Å²) in [7, 11) is 0. The minimum atomic E-state index is -2.04. The zero-order valence-corrected chi connectivity index (χ0v) is 13.8. The van der Waals surface area contributed by atoms with Crippen LogP contribution in [0.25, 0.3) is 11.2 Å². The van der Waals surface area contributed by atoms with Crippen molar-refractivity contribution in [2.24, 2.45) is 4.99 Å². The van der Waals surface area contributed by atoms with E-state index >= 15 is 0 Å². The molecule has 12 heteroatoms. The number of aliphatic hydroxyl groups excluding tert-OH is 3.